The van der Waals surface area contributed by atoms with E-state index in [0.29, 0.717) is 36.3 Å². The largest absolute Gasteiger partial charge is 0.507 e. The molecular weight excluding hydrogens is 484 g/mol. The van der Waals surface area contributed by atoms with E-state index in [1.54, 1.807) is 26.4 Å². The van der Waals surface area contributed by atoms with Crippen molar-refractivity contribution in [2.75, 3.05) is 13.7 Å². The third-order valence-electron chi connectivity index (χ3n) is 7.07. The van der Waals surface area contributed by atoms with Crippen molar-refractivity contribution >= 4 is 23.4 Å². The summed E-state index contributed by atoms with van der Waals surface area (Å²) >= 11 is 0. The highest BCUT2D eigenvalue weighted by atomic mass is 16.5. The number of nitrogens with zero attached hydrogens (tertiary/aromatic N) is 3. The molecule has 1 aliphatic heterocycles. The van der Waals surface area contributed by atoms with Crippen molar-refractivity contribution < 1.29 is 24.2 Å². The van der Waals surface area contributed by atoms with Crippen LogP contribution in [0.5, 0.6) is 0 Å². The fraction of sp³-hybridized carbons (Fsp3) is 0.379. The van der Waals surface area contributed by atoms with Crippen molar-refractivity contribution in [2.45, 2.75) is 59.0 Å². The molecule has 38 heavy (non-hydrogen) atoms. The van der Waals surface area contributed by atoms with Gasteiger partial charge >= 0.3 is 5.97 Å². The van der Waals surface area contributed by atoms with E-state index in [9.17, 15) is 19.5 Å². The number of methoxy groups -OCH3 is 1. The third kappa shape index (κ3) is 4.88. The van der Waals surface area contributed by atoms with Crippen LogP contribution < -0.4 is 0 Å². The molecule has 200 valence electrons. The van der Waals surface area contributed by atoms with Crippen molar-refractivity contribution in [1.82, 2.24) is 19.4 Å². The van der Waals surface area contributed by atoms with Crippen LogP contribution in [-0.2, 0) is 26.3 Å². The lowest BCUT2D eigenvalue weighted by molar-refractivity contribution is -0.139. The minimum absolute atomic E-state index is 0.00255. The maximum absolute atomic E-state index is 13.4. The standard InChI is InChI=1S/C29H34N4O5/c1-17-21(18(2)31-23(17)28(37)38-6)25(34)22-24(19-8-10-20(11-9-19)29(3,4)5)33(27(36)26(22)35)14-7-13-32-15-12-30-16-32/h8-12,15-16,24,31,34H,7,13-14H2,1-6H3/t24-/m0/s1. The molecule has 0 spiro atoms. The summed E-state index contributed by atoms with van der Waals surface area (Å²) in [5, 5.41) is 11.5. The van der Waals surface area contributed by atoms with Crippen LogP contribution >= 0.6 is 0 Å². The molecular formula is C29H34N4O5. The minimum atomic E-state index is -0.776. The van der Waals surface area contributed by atoms with Gasteiger partial charge in [0.2, 0.25) is 0 Å². The third-order valence-corrected chi connectivity index (χ3v) is 7.07. The summed E-state index contributed by atoms with van der Waals surface area (Å²) in [7, 11) is 1.27. The molecule has 1 atom stereocenters. The average Bonchev–Trinajstić information content (AvgIpc) is 3.56. The monoisotopic (exact) mass is 518 g/mol. The van der Waals surface area contributed by atoms with Gasteiger partial charge in [-0.15, -0.1) is 0 Å². The van der Waals surface area contributed by atoms with Crippen molar-refractivity contribution in [3.63, 3.8) is 0 Å². The number of aromatic amines is 1. The number of aliphatic hydroxyl groups excluding tert-OH is 1. The highest BCUT2D eigenvalue weighted by Gasteiger charge is 2.46. The van der Waals surface area contributed by atoms with Crippen LogP contribution in [0.4, 0.5) is 0 Å². The van der Waals surface area contributed by atoms with Gasteiger partial charge < -0.3 is 24.3 Å². The van der Waals surface area contributed by atoms with E-state index < -0.39 is 23.7 Å². The number of aryl methyl sites for hydroxylation is 2. The number of carbonyl (C=O) groups is 3. The molecule has 2 aromatic heterocycles. The fourth-order valence-corrected chi connectivity index (χ4v) is 5.01. The SMILES string of the molecule is COC(=O)c1[nH]c(C)c(C(O)=C2C(=O)C(=O)N(CCCn3ccnc3)[C@H]2c2ccc(C(C)(C)C)cc2)c1C. The van der Waals surface area contributed by atoms with Gasteiger partial charge in [-0.25, -0.2) is 9.78 Å². The number of likely N-dealkylation sites (tertiary alicyclic amines) is 1. The second kappa shape index (κ2) is 10.3. The number of aromatic nitrogens is 3. The number of carbonyl (C=O) groups excluding carboxylic acids is 3. The Kier molecular flexibility index (Phi) is 7.31. The van der Waals surface area contributed by atoms with Crippen molar-refractivity contribution in [3.05, 3.63) is 82.2 Å². The number of ketones is 1. The number of benzene rings is 1. The molecule has 1 fully saturated rings. The van der Waals surface area contributed by atoms with E-state index in [-0.39, 0.29) is 22.4 Å². The number of hydrogen-bond donors (Lipinski definition) is 2. The number of rotatable bonds is 7. The highest BCUT2D eigenvalue weighted by Crippen LogP contribution is 2.41. The van der Waals surface area contributed by atoms with Gasteiger partial charge in [-0.2, -0.15) is 0 Å². The second-order valence-electron chi connectivity index (χ2n) is 10.6. The first kappa shape index (κ1) is 26.9. The molecule has 0 aliphatic carbocycles. The van der Waals surface area contributed by atoms with Crippen molar-refractivity contribution in [2.24, 2.45) is 0 Å². The molecule has 3 aromatic rings. The van der Waals surface area contributed by atoms with Gasteiger partial charge in [0.15, 0.2) is 0 Å². The number of hydrogen-bond acceptors (Lipinski definition) is 6. The highest BCUT2D eigenvalue weighted by molar-refractivity contribution is 6.46. The number of imidazole rings is 1. The normalized spacial score (nSPS) is 17.3. The zero-order valence-electron chi connectivity index (χ0n) is 22.7. The van der Waals surface area contributed by atoms with Gasteiger partial charge in [-0.3, -0.25) is 9.59 Å². The first-order chi connectivity index (χ1) is 18.0. The topological polar surface area (TPSA) is 118 Å². The summed E-state index contributed by atoms with van der Waals surface area (Å²) in [5.41, 5.74) is 3.20. The molecule has 9 nitrogen and oxygen atoms in total. The summed E-state index contributed by atoms with van der Waals surface area (Å²) in [5.74, 6) is -2.32. The molecule has 0 radical (unpaired) electrons. The second-order valence-corrected chi connectivity index (χ2v) is 10.6. The number of Topliss-reactive ketones (excluding diaryl/α,β-unsaturated/α-hetero) is 1. The Morgan fingerprint density at radius 1 is 1.13 bits per heavy atom. The molecule has 1 amide bonds. The number of esters is 1. The predicted octanol–water partition coefficient (Wildman–Crippen LogP) is 4.42. The van der Waals surface area contributed by atoms with Crippen molar-refractivity contribution in [1.29, 1.82) is 0 Å². The van der Waals surface area contributed by atoms with E-state index in [0.717, 1.165) is 11.1 Å². The molecule has 0 saturated carbocycles. The molecule has 3 heterocycles. The number of H-pyrrole nitrogens is 1. The summed E-state index contributed by atoms with van der Waals surface area (Å²) < 4.78 is 6.75. The first-order valence-electron chi connectivity index (χ1n) is 12.6. The Morgan fingerprint density at radius 3 is 2.39 bits per heavy atom. The minimum Gasteiger partial charge on any atom is -0.507 e. The van der Waals surface area contributed by atoms with E-state index in [4.69, 9.17) is 4.74 Å². The maximum atomic E-state index is 13.4. The molecule has 1 aromatic carbocycles. The lowest BCUT2D eigenvalue weighted by Gasteiger charge is -2.26. The Bertz CT molecular complexity index is 1390. The van der Waals surface area contributed by atoms with E-state index in [2.05, 4.69) is 30.7 Å². The summed E-state index contributed by atoms with van der Waals surface area (Å²) in [6.45, 7) is 10.6. The number of nitrogens with one attached hydrogen (secondary N) is 1. The number of amides is 1. The Balaban J connectivity index is 1.81. The lowest BCUT2D eigenvalue weighted by atomic mass is 9.85. The van der Waals surface area contributed by atoms with Crippen LogP contribution in [0.15, 0.2) is 48.6 Å². The maximum Gasteiger partial charge on any atom is 0.354 e. The summed E-state index contributed by atoms with van der Waals surface area (Å²) in [4.78, 5) is 47.5. The Hall–Kier alpha value is -4.14. The summed E-state index contributed by atoms with van der Waals surface area (Å²) in [6.07, 6.45) is 5.82. The van der Waals surface area contributed by atoms with Crippen molar-refractivity contribution in [3.8, 4) is 0 Å². The molecule has 2 N–H and O–H groups in total. The smallest absolute Gasteiger partial charge is 0.354 e. The zero-order chi connectivity index (χ0) is 27.8. The van der Waals surface area contributed by atoms with Crippen LogP contribution in [0.2, 0.25) is 0 Å². The Labute approximate surface area is 222 Å². The zero-order valence-corrected chi connectivity index (χ0v) is 22.7. The van der Waals surface area contributed by atoms with Gasteiger partial charge in [0.25, 0.3) is 11.7 Å². The molecule has 1 saturated heterocycles. The number of ether oxygens (including phenoxy) is 1. The van der Waals surface area contributed by atoms with Crippen LogP contribution in [0, 0.1) is 13.8 Å². The van der Waals surface area contributed by atoms with Crippen LogP contribution in [0.3, 0.4) is 0 Å². The summed E-state index contributed by atoms with van der Waals surface area (Å²) in [6, 6.07) is 7.02. The molecule has 1 aliphatic rings. The molecule has 0 bridgehead atoms. The van der Waals surface area contributed by atoms with Crippen LogP contribution in [-0.4, -0.2) is 55.9 Å². The fourth-order valence-electron chi connectivity index (χ4n) is 5.01. The van der Waals surface area contributed by atoms with Gasteiger partial charge in [-0.05, 0) is 42.4 Å². The predicted molar refractivity (Wildman–Crippen MR) is 143 cm³/mol. The lowest BCUT2D eigenvalue weighted by Crippen LogP contribution is -2.31. The van der Waals surface area contributed by atoms with Gasteiger partial charge in [0.05, 0.1) is 25.1 Å². The molecule has 4 rings (SSSR count). The van der Waals surface area contributed by atoms with Gasteiger partial charge in [0, 0.05) is 36.7 Å². The van der Waals surface area contributed by atoms with E-state index in [1.165, 1.54) is 12.0 Å². The van der Waals surface area contributed by atoms with Crippen LogP contribution in [0.25, 0.3) is 5.76 Å². The Morgan fingerprint density at radius 2 is 1.82 bits per heavy atom. The molecule has 0 unspecified atom stereocenters. The molecule has 9 heteroatoms. The van der Waals surface area contributed by atoms with E-state index >= 15 is 0 Å². The first-order valence-corrected chi connectivity index (χ1v) is 12.6. The average molecular weight is 519 g/mol. The number of aliphatic hydroxyl groups is 1. The quantitative estimate of drug-likeness (QED) is 0.207. The van der Waals surface area contributed by atoms with Gasteiger partial charge in [-0.1, -0.05) is 45.0 Å². The van der Waals surface area contributed by atoms with Crippen LogP contribution in [0.1, 0.15) is 71.7 Å². The van der Waals surface area contributed by atoms with E-state index in [1.807, 2.05) is 35.0 Å². The van der Waals surface area contributed by atoms with Gasteiger partial charge in [0.1, 0.15) is 11.5 Å².